The topological polar surface area (TPSA) is 110 Å². The van der Waals surface area contributed by atoms with E-state index >= 15 is 0 Å². The average Bonchev–Trinajstić information content (AvgIpc) is 3.12. The Balaban J connectivity index is 1.54. The Kier molecular flexibility index (Phi) is 7.76. The van der Waals surface area contributed by atoms with Crippen molar-refractivity contribution < 1.29 is 32.3 Å². The predicted molar refractivity (Wildman–Crippen MR) is 118 cm³/mol. The zero-order chi connectivity index (χ0) is 23.3. The van der Waals surface area contributed by atoms with Crippen LogP contribution in [0.1, 0.15) is 39.5 Å². The van der Waals surface area contributed by atoms with E-state index in [0.29, 0.717) is 24.4 Å². The Morgan fingerprint density at radius 3 is 2.72 bits per heavy atom. The van der Waals surface area contributed by atoms with Crippen molar-refractivity contribution in [3.05, 3.63) is 24.3 Å². The zero-order valence-corrected chi connectivity index (χ0v) is 19.3. The minimum absolute atomic E-state index is 0.0485. The summed E-state index contributed by atoms with van der Waals surface area (Å²) in [5.41, 5.74) is 0.590. The van der Waals surface area contributed by atoms with Crippen molar-refractivity contribution in [1.82, 2.24) is 4.90 Å². The van der Waals surface area contributed by atoms with Gasteiger partial charge in [0.15, 0.2) is 22.5 Å². The van der Waals surface area contributed by atoms with Gasteiger partial charge in [0.25, 0.3) is 11.8 Å². The minimum atomic E-state index is -3.13. The summed E-state index contributed by atoms with van der Waals surface area (Å²) in [6, 6.07) is 6.72. The van der Waals surface area contributed by atoms with E-state index < -0.39 is 34.4 Å². The molecule has 1 aromatic rings. The monoisotopic (exact) mass is 466 g/mol. The highest BCUT2D eigenvalue weighted by Gasteiger charge is 2.35. The Bertz CT molecular complexity index is 963. The van der Waals surface area contributed by atoms with Crippen molar-refractivity contribution in [2.24, 2.45) is 0 Å². The van der Waals surface area contributed by atoms with Gasteiger partial charge in [-0.2, -0.15) is 0 Å². The van der Waals surface area contributed by atoms with Crippen LogP contribution in [0.5, 0.6) is 5.75 Å². The van der Waals surface area contributed by atoms with E-state index in [1.807, 2.05) is 6.92 Å². The van der Waals surface area contributed by atoms with Gasteiger partial charge in [-0.25, -0.2) is 8.42 Å². The Morgan fingerprint density at radius 2 is 2.03 bits per heavy atom. The fourth-order valence-electron chi connectivity index (χ4n) is 3.95. The molecular weight excluding hydrogens is 436 g/mol. The predicted octanol–water partition coefficient (Wildman–Crippen LogP) is 1.55. The van der Waals surface area contributed by atoms with E-state index in [1.54, 1.807) is 31.2 Å². The van der Waals surface area contributed by atoms with E-state index in [9.17, 15) is 22.8 Å². The van der Waals surface area contributed by atoms with Crippen LogP contribution in [0, 0.1) is 0 Å². The molecule has 9 nitrogen and oxygen atoms in total. The van der Waals surface area contributed by atoms with E-state index in [2.05, 4.69) is 0 Å². The van der Waals surface area contributed by atoms with Crippen LogP contribution >= 0.6 is 0 Å². The normalized spacial score (nSPS) is 21.6. The van der Waals surface area contributed by atoms with Gasteiger partial charge in [0, 0.05) is 19.1 Å². The zero-order valence-electron chi connectivity index (χ0n) is 18.5. The molecule has 2 aliphatic rings. The molecule has 10 heteroatoms. The Hall–Kier alpha value is -2.62. The highest BCUT2D eigenvalue weighted by molar-refractivity contribution is 7.91. The molecule has 0 spiro atoms. The van der Waals surface area contributed by atoms with E-state index in [4.69, 9.17) is 9.47 Å². The molecule has 0 N–H and O–H groups in total. The van der Waals surface area contributed by atoms with Crippen molar-refractivity contribution in [2.75, 3.05) is 36.1 Å². The molecule has 1 aromatic carbocycles. The molecule has 3 rings (SSSR count). The number of carbonyl (C=O) groups is 3. The highest BCUT2D eigenvalue weighted by atomic mass is 32.2. The average molecular weight is 467 g/mol. The van der Waals surface area contributed by atoms with Crippen molar-refractivity contribution in [3.8, 4) is 5.75 Å². The molecule has 2 amide bonds. The molecular formula is C22H30N2O7S. The summed E-state index contributed by atoms with van der Waals surface area (Å²) < 4.78 is 34.4. The number of ether oxygens (including phenoxy) is 2. The maximum absolute atomic E-state index is 12.7. The first-order chi connectivity index (χ1) is 15.2. The third-order valence-electron chi connectivity index (χ3n) is 5.69. The maximum Gasteiger partial charge on any atom is 0.308 e. The van der Waals surface area contributed by atoms with Gasteiger partial charge in [0.2, 0.25) is 0 Å². The van der Waals surface area contributed by atoms with Crippen molar-refractivity contribution >= 4 is 33.3 Å². The molecule has 2 aliphatic heterocycles. The summed E-state index contributed by atoms with van der Waals surface area (Å²) >= 11 is 0. The van der Waals surface area contributed by atoms with Gasteiger partial charge in [-0.1, -0.05) is 25.5 Å². The Morgan fingerprint density at radius 1 is 1.28 bits per heavy atom. The second-order valence-electron chi connectivity index (χ2n) is 8.13. The molecule has 1 saturated heterocycles. The van der Waals surface area contributed by atoms with Crippen molar-refractivity contribution in [1.29, 1.82) is 0 Å². The standard InChI is InChI=1S/C22H30N2O7S/c1-3-4-11-23(17-10-13-32(28,29)15-17)20(25)14-30-21(26)9-12-24-18-7-5-6-8-19(18)31-16(2)22(24)27/h5-8,16-17H,3-4,9-15H2,1-2H3. The lowest BCUT2D eigenvalue weighted by molar-refractivity contribution is -0.152. The van der Waals surface area contributed by atoms with Gasteiger partial charge >= 0.3 is 5.97 Å². The van der Waals surface area contributed by atoms with E-state index in [0.717, 1.165) is 12.8 Å². The molecule has 32 heavy (non-hydrogen) atoms. The summed E-state index contributed by atoms with van der Waals surface area (Å²) in [6.45, 7) is 3.74. The smallest absolute Gasteiger partial charge is 0.308 e. The second-order valence-corrected chi connectivity index (χ2v) is 10.4. The minimum Gasteiger partial charge on any atom is -0.479 e. The number of hydrogen-bond acceptors (Lipinski definition) is 7. The van der Waals surface area contributed by atoms with Crippen molar-refractivity contribution in [3.63, 3.8) is 0 Å². The number of hydrogen-bond donors (Lipinski definition) is 0. The number of amides is 2. The van der Waals surface area contributed by atoms with Gasteiger partial charge in [0.1, 0.15) is 5.75 Å². The number of benzene rings is 1. The lowest BCUT2D eigenvalue weighted by atomic mass is 10.2. The molecule has 0 radical (unpaired) electrons. The van der Waals surface area contributed by atoms with E-state index in [1.165, 1.54) is 9.80 Å². The Labute approximate surface area is 188 Å². The molecule has 0 aliphatic carbocycles. The number of carbonyl (C=O) groups excluding carboxylic acids is 3. The summed E-state index contributed by atoms with van der Waals surface area (Å²) in [5, 5.41) is 0. The van der Waals surface area contributed by atoms with Crippen molar-refractivity contribution in [2.45, 2.75) is 51.7 Å². The van der Waals surface area contributed by atoms with Crippen LogP contribution in [-0.2, 0) is 29.0 Å². The van der Waals surface area contributed by atoms with Gasteiger partial charge in [-0.05, 0) is 31.9 Å². The van der Waals surface area contributed by atoms with Gasteiger partial charge in [-0.15, -0.1) is 0 Å². The fourth-order valence-corrected chi connectivity index (χ4v) is 5.68. The van der Waals surface area contributed by atoms with Gasteiger partial charge in [0.05, 0.1) is 23.6 Å². The highest BCUT2D eigenvalue weighted by Crippen LogP contribution is 2.33. The second kappa shape index (κ2) is 10.3. The number of esters is 1. The van der Waals surface area contributed by atoms with Crippen LogP contribution in [0.4, 0.5) is 5.69 Å². The maximum atomic E-state index is 12.7. The molecule has 1 fully saturated rings. The molecule has 176 valence electrons. The molecule has 2 unspecified atom stereocenters. The number of anilines is 1. The van der Waals surface area contributed by atoms with Crippen LogP contribution in [0.15, 0.2) is 24.3 Å². The van der Waals surface area contributed by atoms with Crippen LogP contribution in [0.3, 0.4) is 0 Å². The first-order valence-electron chi connectivity index (χ1n) is 10.9. The lowest BCUT2D eigenvalue weighted by Crippen LogP contribution is -2.45. The molecule has 0 saturated carbocycles. The van der Waals surface area contributed by atoms with Gasteiger partial charge in [-0.3, -0.25) is 14.4 Å². The molecule has 2 heterocycles. The number of sulfone groups is 1. The third-order valence-corrected chi connectivity index (χ3v) is 7.44. The van der Waals surface area contributed by atoms with E-state index in [-0.39, 0.29) is 36.4 Å². The quantitative estimate of drug-likeness (QED) is 0.508. The third kappa shape index (κ3) is 5.79. The molecule has 0 bridgehead atoms. The molecule has 0 aromatic heterocycles. The number of para-hydroxylation sites is 2. The summed E-state index contributed by atoms with van der Waals surface area (Å²) in [4.78, 5) is 40.5. The lowest BCUT2D eigenvalue weighted by Gasteiger charge is -2.32. The summed E-state index contributed by atoms with van der Waals surface area (Å²) in [7, 11) is -3.13. The number of rotatable bonds is 9. The number of unbranched alkanes of at least 4 members (excludes halogenated alkanes) is 1. The SMILES string of the molecule is CCCCN(C(=O)COC(=O)CCN1C(=O)C(C)Oc2ccccc21)C1CCS(=O)(=O)C1. The summed E-state index contributed by atoms with van der Waals surface area (Å²) in [5.74, 6) is -0.650. The van der Waals surface area contributed by atoms with Gasteiger partial charge < -0.3 is 19.3 Å². The van der Waals surface area contributed by atoms with Crippen LogP contribution < -0.4 is 9.64 Å². The first-order valence-corrected chi connectivity index (χ1v) is 12.8. The first kappa shape index (κ1) is 24.0. The molecule has 2 atom stereocenters. The van der Waals surface area contributed by atoms with Crippen LogP contribution in [0.25, 0.3) is 0 Å². The van der Waals surface area contributed by atoms with Crippen LogP contribution in [-0.4, -0.2) is 74.4 Å². The largest absolute Gasteiger partial charge is 0.479 e. The fraction of sp³-hybridized carbons (Fsp3) is 0.591. The number of fused-ring (bicyclic) bond motifs is 1. The van der Waals surface area contributed by atoms with Crippen LogP contribution in [0.2, 0.25) is 0 Å². The number of nitrogens with zero attached hydrogens (tertiary/aromatic N) is 2. The summed E-state index contributed by atoms with van der Waals surface area (Å²) in [6.07, 6.45) is 1.27.